The third kappa shape index (κ3) is 4.32. The van der Waals surface area contributed by atoms with Crippen molar-refractivity contribution in [2.45, 2.75) is 32.2 Å². The summed E-state index contributed by atoms with van der Waals surface area (Å²) in [6.07, 6.45) is 5.85. The molecule has 3 aromatic carbocycles. The third-order valence-electron chi connectivity index (χ3n) is 7.03. The van der Waals surface area contributed by atoms with Crippen molar-refractivity contribution in [1.29, 1.82) is 0 Å². The van der Waals surface area contributed by atoms with Gasteiger partial charge in [0.05, 0.1) is 28.1 Å². The summed E-state index contributed by atoms with van der Waals surface area (Å²) < 4.78 is 2.34. The van der Waals surface area contributed by atoms with Crippen LogP contribution in [0.2, 0.25) is 0 Å². The number of anilines is 2. The van der Waals surface area contributed by atoms with E-state index < -0.39 is 0 Å². The van der Waals surface area contributed by atoms with E-state index in [1.54, 1.807) is 0 Å². The van der Waals surface area contributed by atoms with Gasteiger partial charge in [-0.1, -0.05) is 54.6 Å². The summed E-state index contributed by atoms with van der Waals surface area (Å²) in [4.78, 5) is 22.9. The van der Waals surface area contributed by atoms with Crippen molar-refractivity contribution < 1.29 is 0 Å². The minimum atomic E-state index is 0.570. The maximum absolute atomic E-state index is 5.14. The van der Waals surface area contributed by atoms with Crippen LogP contribution in [0.15, 0.2) is 91.1 Å². The second-order valence-corrected chi connectivity index (χ2v) is 9.67. The van der Waals surface area contributed by atoms with Crippen LogP contribution >= 0.6 is 0 Å². The Morgan fingerprint density at radius 1 is 0.842 bits per heavy atom. The number of H-pyrrole nitrogens is 1. The number of imidazole rings is 2. The van der Waals surface area contributed by atoms with E-state index in [2.05, 4.69) is 62.3 Å². The summed E-state index contributed by atoms with van der Waals surface area (Å²) in [7, 11) is 0. The van der Waals surface area contributed by atoms with Gasteiger partial charge in [0.1, 0.15) is 11.6 Å². The number of benzene rings is 3. The molecule has 0 spiro atoms. The summed E-state index contributed by atoms with van der Waals surface area (Å²) in [5.41, 5.74) is 8.08. The van der Waals surface area contributed by atoms with Crippen LogP contribution in [-0.2, 0) is 19.4 Å². The van der Waals surface area contributed by atoms with Gasteiger partial charge < -0.3 is 14.9 Å². The van der Waals surface area contributed by atoms with Crippen LogP contribution in [0.25, 0.3) is 33.7 Å². The lowest BCUT2D eigenvalue weighted by molar-refractivity contribution is 0.525. The van der Waals surface area contributed by atoms with Crippen molar-refractivity contribution in [3.05, 3.63) is 108 Å². The highest BCUT2D eigenvalue weighted by molar-refractivity contribution is 5.85. The first kappa shape index (κ1) is 22.4. The predicted molar refractivity (Wildman–Crippen MR) is 150 cm³/mol. The average molecular weight is 498 g/mol. The van der Waals surface area contributed by atoms with Gasteiger partial charge in [-0.3, -0.25) is 0 Å². The Kier molecular flexibility index (Phi) is 5.66. The van der Waals surface area contributed by atoms with Gasteiger partial charge in [-0.15, -0.1) is 0 Å². The molecule has 6 aromatic rings. The molecule has 38 heavy (non-hydrogen) atoms. The molecule has 0 atom stereocenters. The van der Waals surface area contributed by atoms with Crippen molar-refractivity contribution in [3.63, 3.8) is 0 Å². The van der Waals surface area contributed by atoms with Gasteiger partial charge in [0, 0.05) is 36.8 Å². The smallest absolute Gasteiger partial charge is 0.227 e. The van der Waals surface area contributed by atoms with Crippen LogP contribution in [0.4, 0.5) is 11.6 Å². The highest BCUT2D eigenvalue weighted by Gasteiger charge is 2.23. The van der Waals surface area contributed by atoms with E-state index >= 15 is 0 Å². The molecule has 186 valence electrons. The molecule has 7 heteroatoms. The Bertz CT molecular complexity index is 1720. The molecule has 0 unspecified atom stereocenters. The fourth-order valence-electron chi connectivity index (χ4n) is 5.23. The molecule has 7 rings (SSSR count). The molecule has 0 aliphatic carbocycles. The van der Waals surface area contributed by atoms with Crippen LogP contribution < -0.4 is 5.32 Å². The lowest BCUT2D eigenvalue weighted by Gasteiger charge is -2.16. The van der Waals surface area contributed by atoms with Crippen LogP contribution in [0.5, 0.6) is 0 Å². The molecular formula is C31H27N7. The van der Waals surface area contributed by atoms with Crippen molar-refractivity contribution in [3.8, 4) is 22.6 Å². The van der Waals surface area contributed by atoms with E-state index in [1.165, 1.54) is 5.56 Å². The number of aromatic amines is 1. The number of aromatic nitrogens is 6. The number of hydrogen-bond acceptors (Lipinski definition) is 5. The topological polar surface area (TPSA) is 84.3 Å². The lowest BCUT2D eigenvalue weighted by Crippen LogP contribution is -2.12. The van der Waals surface area contributed by atoms with E-state index in [4.69, 9.17) is 15.0 Å². The second kappa shape index (κ2) is 9.59. The minimum absolute atomic E-state index is 0.570. The number of nitrogens with one attached hydrogen (secondary N) is 2. The maximum atomic E-state index is 5.14. The van der Waals surface area contributed by atoms with Crippen LogP contribution in [0.3, 0.4) is 0 Å². The minimum Gasteiger partial charge on any atom is -0.342 e. The standard InChI is InChI=1S/C31H27N7/c1-3-9-21(10-4-1)19-27-34-24-15-14-22(20-26(24)35-27)29-30(38-18-8-7-13-28(38)37-29)25-16-17-32-31(36-25)33-23-11-5-2-6-12-23/h1-6,9-12,14-17,20H,7-8,13,18-19H2,(H,34,35)(H,32,33,36). The molecule has 0 saturated heterocycles. The molecule has 4 heterocycles. The van der Waals surface area contributed by atoms with Gasteiger partial charge in [0.2, 0.25) is 5.95 Å². The van der Waals surface area contributed by atoms with E-state index in [9.17, 15) is 0 Å². The zero-order valence-corrected chi connectivity index (χ0v) is 20.9. The molecule has 1 aliphatic heterocycles. The normalized spacial score (nSPS) is 12.9. The zero-order chi connectivity index (χ0) is 25.3. The predicted octanol–water partition coefficient (Wildman–Crippen LogP) is 6.55. The van der Waals surface area contributed by atoms with Crippen molar-refractivity contribution in [2.24, 2.45) is 0 Å². The number of nitrogens with zero attached hydrogens (tertiary/aromatic N) is 5. The zero-order valence-electron chi connectivity index (χ0n) is 20.9. The van der Waals surface area contributed by atoms with Gasteiger partial charge in [-0.25, -0.2) is 19.9 Å². The number of hydrogen-bond donors (Lipinski definition) is 2. The van der Waals surface area contributed by atoms with Gasteiger partial charge in [-0.05, 0) is 48.7 Å². The highest BCUT2D eigenvalue weighted by atomic mass is 15.1. The van der Waals surface area contributed by atoms with E-state index in [-0.39, 0.29) is 0 Å². The first-order chi connectivity index (χ1) is 18.8. The first-order valence-corrected chi connectivity index (χ1v) is 13.1. The molecule has 0 fully saturated rings. The van der Waals surface area contributed by atoms with Crippen LogP contribution in [0.1, 0.15) is 30.1 Å². The van der Waals surface area contributed by atoms with Gasteiger partial charge >= 0.3 is 0 Å². The summed E-state index contributed by atoms with van der Waals surface area (Å²) in [6, 6.07) is 28.8. The van der Waals surface area contributed by atoms with E-state index in [0.29, 0.717) is 5.95 Å². The fraction of sp³-hybridized carbons (Fsp3) is 0.161. The number of fused-ring (bicyclic) bond motifs is 2. The van der Waals surface area contributed by atoms with E-state index in [0.717, 1.165) is 83.2 Å². The summed E-state index contributed by atoms with van der Waals surface area (Å²) in [5.74, 6) is 2.65. The average Bonchev–Trinajstić information content (AvgIpc) is 3.55. The Hall–Kier alpha value is -4.78. The molecule has 0 saturated carbocycles. The number of rotatable bonds is 6. The quantitative estimate of drug-likeness (QED) is 0.272. The van der Waals surface area contributed by atoms with Gasteiger partial charge in [0.15, 0.2) is 0 Å². The molecule has 2 N–H and O–H groups in total. The van der Waals surface area contributed by atoms with Crippen LogP contribution in [-0.4, -0.2) is 29.5 Å². The van der Waals surface area contributed by atoms with Crippen molar-refractivity contribution in [2.75, 3.05) is 5.32 Å². The molecule has 0 amide bonds. The van der Waals surface area contributed by atoms with Gasteiger partial charge in [0.25, 0.3) is 0 Å². The SMILES string of the molecule is c1ccc(Cc2nc3ccc(-c4nc5n(c4-c4ccnc(Nc6ccccc6)n4)CCCC5)cc3[nH]2)cc1. The fourth-order valence-corrected chi connectivity index (χ4v) is 5.23. The first-order valence-electron chi connectivity index (χ1n) is 13.1. The van der Waals surface area contributed by atoms with Gasteiger partial charge in [-0.2, -0.15) is 0 Å². The Balaban J connectivity index is 1.28. The molecule has 0 radical (unpaired) electrons. The highest BCUT2D eigenvalue weighted by Crippen LogP contribution is 2.35. The van der Waals surface area contributed by atoms with E-state index in [1.807, 2.05) is 48.7 Å². The van der Waals surface area contributed by atoms with Crippen molar-refractivity contribution in [1.82, 2.24) is 29.5 Å². The second-order valence-electron chi connectivity index (χ2n) is 9.67. The summed E-state index contributed by atoms with van der Waals surface area (Å²) in [6.45, 7) is 0.941. The molecule has 0 bridgehead atoms. The number of aryl methyl sites for hydroxylation is 1. The lowest BCUT2D eigenvalue weighted by atomic mass is 10.1. The Morgan fingerprint density at radius 2 is 1.68 bits per heavy atom. The molecule has 3 aromatic heterocycles. The molecule has 1 aliphatic rings. The van der Waals surface area contributed by atoms with Crippen LogP contribution in [0, 0.1) is 0 Å². The molecular weight excluding hydrogens is 470 g/mol. The monoisotopic (exact) mass is 497 g/mol. The largest absolute Gasteiger partial charge is 0.342 e. The maximum Gasteiger partial charge on any atom is 0.227 e. The Labute approximate surface area is 220 Å². The molecule has 7 nitrogen and oxygen atoms in total. The summed E-state index contributed by atoms with van der Waals surface area (Å²) >= 11 is 0. The number of para-hydroxylation sites is 1. The summed E-state index contributed by atoms with van der Waals surface area (Å²) in [5, 5.41) is 3.33. The Morgan fingerprint density at radius 3 is 2.55 bits per heavy atom. The van der Waals surface area contributed by atoms with Crippen molar-refractivity contribution >= 4 is 22.7 Å². The third-order valence-corrected chi connectivity index (χ3v) is 7.03.